The number of nitrogens with zero attached hydrogens (tertiary/aromatic N) is 1. The van der Waals surface area contributed by atoms with Gasteiger partial charge in [-0.15, -0.1) is 0 Å². The molecule has 2 amide bonds. The topological polar surface area (TPSA) is 44.4 Å². The number of amides is 2. The Morgan fingerprint density at radius 3 is 2.03 bits per heavy atom. The summed E-state index contributed by atoms with van der Waals surface area (Å²) >= 11 is 0.195. The average molecular weight is 574 g/mol. The number of nitrogens with one attached hydrogen (secondary N) is 2. The van der Waals surface area contributed by atoms with Crippen LogP contribution in [0.5, 0.6) is 0 Å². The van der Waals surface area contributed by atoms with Crippen LogP contribution in [0.25, 0.3) is 11.1 Å². The van der Waals surface area contributed by atoms with Gasteiger partial charge < -0.3 is 0 Å². The molecule has 0 fully saturated rings. The molecule has 192 valence electrons. The summed E-state index contributed by atoms with van der Waals surface area (Å²) in [5.41, 5.74) is -0.636. The predicted octanol–water partition coefficient (Wildman–Crippen LogP) is 6.47. The van der Waals surface area contributed by atoms with Crippen LogP contribution in [0, 0.1) is 0 Å². The summed E-state index contributed by atoms with van der Waals surface area (Å²) in [7, 11) is 3.94. The Labute approximate surface area is 210 Å². The SMILES string of the molecule is C[Se]c1cc(-c2ccccc2NC(=O)Nc2cc(C(F)(F)F)cc(C(F)(F)F)c2)ccc1CN(C)C. The van der Waals surface area contributed by atoms with E-state index >= 15 is 0 Å². The Hall–Kier alpha value is -3.01. The monoisotopic (exact) mass is 575 g/mol. The molecule has 3 rings (SSSR count). The van der Waals surface area contributed by atoms with Crippen molar-refractivity contribution in [3.63, 3.8) is 0 Å². The van der Waals surface area contributed by atoms with Crippen LogP contribution >= 0.6 is 0 Å². The molecule has 0 saturated heterocycles. The summed E-state index contributed by atoms with van der Waals surface area (Å²) < 4.78 is 79.9. The normalized spacial score (nSPS) is 12.1. The fourth-order valence-electron chi connectivity index (χ4n) is 3.54. The predicted molar refractivity (Wildman–Crippen MR) is 130 cm³/mol. The van der Waals surface area contributed by atoms with Crippen LogP contribution in [-0.4, -0.2) is 40.0 Å². The second-order valence-corrected chi connectivity index (χ2v) is 9.96. The van der Waals surface area contributed by atoms with E-state index in [0.717, 1.165) is 12.1 Å². The Morgan fingerprint density at radius 1 is 0.861 bits per heavy atom. The van der Waals surface area contributed by atoms with Gasteiger partial charge >= 0.3 is 184 Å². The number of anilines is 2. The number of rotatable bonds is 6. The van der Waals surface area contributed by atoms with E-state index < -0.39 is 35.2 Å². The molecule has 0 aliphatic heterocycles. The first kappa shape index (κ1) is 27.6. The van der Waals surface area contributed by atoms with Gasteiger partial charge in [0, 0.05) is 0 Å². The molecule has 11 heteroatoms. The van der Waals surface area contributed by atoms with Crippen molar-refractivity contribution < 1.29 is 31.1 Å². The summed E-state index contributed by atoms with van der Waals surface area (Å²) in [6.45, 7) is 0.768. The van der Waals surface area contributed by atoms with Crippen molar-refractivity contribution in [2.24, 2.45) is 0 Å². The second-order valence-electron chi connectivity index (χ2n) is 8.18. The van der Waals surface area contributed by atoms with Gasteiger partial charge in [-0.2, -0.15) is 26.3 Å². The molecule has 0 aliphatic carbocycles. The third-order valence-electron chi connectivity index (χ3n) is 5.11. The van der Waals surface area contributed by atoms with E-state index in [1.807, 2.05) is 32.3 Å². The van der Waals surface area contributed by atoms with Crippen LogP contribution in [0.15, 0.2) is 60.7 Å². The molecule has 0 saturated carbocycles. The molecular weight excluding hydrogens is 551 g/mol. The van der Waals surface area contributed by atoms with Crippen molar-refractivity contribution >= 4 is 36.8 Å². The summed E-state index contributed by atoms with van der Waals surface area (Å²) in [6, 6.07) is 12.7. The fourth-order valence-corrected chi connectivity index (χ4v) is 4.88. The molecule has 0 bridgehead atoms. The van der Waals surface area contributed by atoms with Gasteiger partial charge in [0.05, 0.1) is 0 Å². The van der Waals surface area contributed by atoms with Crippen molar-refractivity contribution in [3.8, 4) is 11.1 Å². The zero-order valence-corrected chi connectivity index (χ0v) is 21.2. The number of halogens is 6. The molecule has 36 heavy (non-hydrogen) atoms. The van der Waals surface area contributed by atoms with E-state index in [1.165, 1.54) is 10.0 Å². The maximum absolute atomic E-state index is 13.1. The number of carbonyl (C=O) groups is 1. The van der Waals surface area contributed by atoms with Gasteiger partial charge in [0.15, 0.2) is 0 Å². The maximum atomic E-state index is 13.1. The van der Waals surface area contributed by atoms with Gasteiger partial charge in [-0.25, -0.2) is 0 Å². The van der Waals surface area contributed by atoms with Crippen LogP contribution in [0.1, 0.15) is 16.7 Å². The molecule has 0 radical (unpaired) electrons. The Bertz CT molecular complexity index is 1210. The van der Waals surface area contributed by atoms with Crippen molar-refractivity contribution in [1.82, 2.24) is 4.90 Å². The van der Waals surface area contributed by atoms with E-state index in [4.69, 9.17) is 0 Å². The zero-order chi connectivity index (χ0) is 26.7. The minimum absolute atomic E-state index is 0.00511. The van der Waals surface area contributed by atoms with E-state index in [-0.39, 0.29) is 21.0 Å². The van der Waals surface area contributed by atoms with Crippen LogP contribution in [0.3, 0.4) is 0 Å². The van der Waals surface area contributed by atoms with Crippen molar-refractivity contribution in [1.29, 1.82) is 0 Å². The molecule has 0 heterocycles. The average Bonchev–Trinajstić information content (AvgIpc) is 2.78. The van der Waals surface area contributed by atoms with Crippen LogP contribution < -0.4 is 15.1 Å². The summed E-state index contributed by atoms with van der Waals surface area (Å²) in [5, 5.41) is 4.64. The van der Waals surface area contributed by atoms with Gasteiger partial charge in [0.1, 0.15) is 0 Å². The molecule has 0 aliphatic rings. The molecule has 0 unspecified atom stereocenters. The third kappa shape index (κ3) is 7.02. The van der Waals surface area contributed by atoms with Crippen LogP contribution in [0.4, 0.5) is 42.5 Å². The molecule has 4 nitrogen and oxygen atoms in total. The molecular formula is C25H23F6N3OSe. The number of hydrogen-bond donors (Lipinski definition) is 2. The van der Waals surface area contributed by atoms with Crippen LogP contribution in [0.2, 0.25) is 5.82 Å². The molecule has 3 aromatic carbocycles. The first-order valence-corrected chi connectivity index (χ1v) is 13.1. The second kappa shape index (κ2) is 10.9. The third-order valence-corrected chi connectivity index (χ3v) is 6.83. The molecule has 2 N–H and O–H groups in total. The van der Waals surface area contributed by atoms with Gasteiger partial charge in [-0.3, -0.25) is 0 Å². The first-order chi connectivity index (χ1) is 16.8. The van der Waals surface area contributed by atoms with Crippen molar-refractivity contribution in [3.05, 3.63) is 77.4 Å². The van der Waals surface area contributed by atoms with Crippen LogP contribution in [-0.2, 0) is 18.9 Å². The molecule has 0 aromatic heterocycles. The van der Waals surface area contributed by atoms with Gasteiger partial charge in [0.2, 0.25) is 0 Å². The summed E-state index contributed by atoms with van der Waals surface area (Å²) in [4.78, 5) is 14.7. The fraction of sp³-hybridized carbons (Fsp3) is 0.240. The minimum atomic E-state index is -5.02. The molecule has 0 spiro atoms. The number of carbonyl (C=O) groups excluding carboxylic acids is 1. The summed E-state index contributed by atoms with van der Waals surface area (Å²) in [6.07, 6.45) is -10.0. The first-order valence-electron chi connectivity index (χ1n) is 10.6. The van der Waals surface area contributed by atoms with E-state index in [1.54, 1.807) is 24.3 Å². The number of hydrogen-bond acceptors (Lipinski definition) is 2. The van der Waals surface area contributed by atoms with E-state index in [2.05, 4.69) is 21.4 Å². The quantitative estimate of drug-likeness (QED) is 0.262. The van der Waals surface area contributed by atoms with Gasteiger partial charge in [-0.1, -0.05) is 0 Å². The van der Waals surface area contributed by atoms with Crippen molar-refractivity contribution in [2.45, 2.75) is 24.7 Å². The number of urea groups is 1. The zero-order valence-electron chi connectivity index (χ0n) is 19.5. The van der Waals surface area contributed by atoms with Gasteiger partial charge in [-0.05, 0) is 0 Å². The Morgan fingerprint density at radius 2 is 1.47 bits per heavy atom. The molecule has 0 atom stereocenters. The number of para-hydroxylation sites is 1. The molecule has 3 aromatic rings. The van der Waals surface area contributed by atoms with E-state index in [9.17, 15) is 31.1 Å². The summed E-state index contributed by atoms with van der Waals surface area (Å²) in [5.74, 6) is 2.09. The van der Waals surface area contributed by atoms with E-state index in [0.29, 0.717) is 23.4 Å². The number of alkyl halides is 6. The standard InChI is InChI=1S/C25H23F6N3OSe/c1-34(2)14-16-9-8-15(10-22(16)36-3)20-6-4-5-7-21(20)33-23(35)32-19-12-17(24(26,27)28)11-18(13-19)25(29,30)31/h4-13H,14H2,1-3H3,(H2,32,33,35). The van der Waals surface area contributed by atoms with Gasteiger partial charge in [0.25, 0.3) is 0 Å². The Balaban J connectivity index is 1.89. The van der Waals surface area contributed by atoms with Crippen molar-refractivity contribution in [2.75, 3.05) is 24.7 Å². The Kier molecular flexibility index (Phi) is 8.38. The number of benzene rings is 3.